The first-order chi connectivity index (χ1) is 8.72. The molecule has 100 valence electrons. The Kier molecular flexibility index (Phi) is 5.04. The minimum absolute atomic E-state index is 0.226. The van der Waals surface area contributed by atoms with Gasteiger partial charge in [-0.3, -0.25) is 4.90 Å². The zero-order valence-electron chi connectivity index (χ0n) is 11.0. The van der Waals surface area contributed by atoms with E-state index in [9.17, 15) is 5.11 Å². The van der Waals surface area contributed by atoms with Crippen LogP contribution >= 0.6 is 11.6 Å². The molecule has 1 aliphatic rings. The van der Waals surface area contributed by atoms with E-state index >= 15 is 0 Å². The molecule has 2 unspecified atom stereocenters. The Morgan fingerprint density at radius 2 is 1.78 bits per heavy atom. The summed E-state index contributed by atoms with van der Waals surface area (Å²) < 4.78 is 0. The summed E-state index contributed by atoms with van der Waals surface area (Å²) in [4.78, 5) is 2.43. The molecule has 1 N–H and O–H groups in total. The van der Waals surface area contributed by atoms with Gasteiger partial charge >= 0.3 is 0 Å². The number of aliphatic hydroxyl groups excluding tert-OH is 1. The summed E-state index contributed by atoms with van der Waals surface area (Å²) in [7, 11) is 0. The predicted octanol–water partition coefficient (Wildman–Crippen LogP) is 3.29. The lowest BCUT2D eigenvalue weighted by Crippen LogP contribution is -2.44. The van der Waals surface area contributed by atoms with Gasteiger partial charge in [0, 0.05) is 11.1 Å². The first kappa shape index (κ1) is 13.9. The highest BCUT2D eigenvalue weighted by Crippen LogP contribution is 2.26. The SMILES string of the molecule is CC(c1ccc(Cl)cc1)C(CO)N1CCCCC1. The first-order valence-corrected chi connectivity index (χ1v) is 7.20. The second-order valence-electron chi connectivity index (χ2n) is 5.19. The molecule has 18 heavy (non-hydrogen) atoms. The van der Waals surface area contributed by atoms with E-state index in [0.717, 1.165) is 18.1 Å². The highest BCUT2D eigenvalue weighted by Gasteiger charge is 2.25. The largest absolute Gasteiger partial charge is 0.395 e. The van der Waals surface area contributed by atoms with Crippen molar-refractivity contribution in [2.75, 3.05) is 19.7 Å². The molecule has 2 nitrogen and oxygen atoms in total. The molecule has 1 aliphatic heterocycles. The number of likely N-dealkylation sites (tertiary alicyclic amines) is 1. The summed E-state index contributed by atoms with van der Waals surface area (Å²) >= 11 is 5.92. The van der Waals surface area contributed by atoms with Gasteiger partial charge in [-0.05, 0) is 49.5 Å². The third-order valence-electron chi connectivity index (χ3n) is 4.02. The zero-order valence-corrected chi connectivity index (χ0v) is 11.7. The predicted molar refractivity (Wildman–Crippen MR) is 76.2 cm³/mol. The molecular weight excluding hydrogens is 246 g/mol. The van der Waals surface area contributed by atoms with Gasteiger partial charge < -0.3 is 5.11 Å². The molecule has 0 saturated carbocycles. The number of halogens is 1. The number of aliphatic hydroxyl groups is 1. The van der Waals surface area contributed by atoms with Gasteiger partial charge in [-0.15, -0.1) is 0 Å². The number of piperidine rings is 1. The summed E-state index contributed by atoms with van der Waals surface area (Å²) in [5, 5.41) is 10.5. The van der Waals surface area contributed by atoms with Crippen molar-refractivity contribution in [3.63, 3.8) is 0 Å². The number of nitrogens with zero attached hydrogens (tertiary/aromatic N) is 1. The average molecular weight is 268 g/mol. The van der Waals surface area contributed by atoms with Crippen molar-refractivity contribution in [3.8, 4) is 0 Å². The highest BCUT2D eigenvalue weighted by molar-refractivity contribution is 6.30. The Morgan fingerprint density at radius 3 is 2.33 bits per heavy atom. The van der Waals surface area contributed by atoms with Gasteiger partial charge in [0.05, 0.1) is 6.61 Å². The van der Waals surface area contributed by atoms with Gasteiger partial charge in [-0.2, -0.15) is 0 Å². The van der Waals surface area contributed by atoms with Crippen molar-refractivity contribution in [3.05, 3.63) is 34.9 Å². The fourth-order valence-corrected chi connectivity index (χ4v) is 2.95. The smallest absolute Gasteiger partial charge is 0.0592 e. The molecule has 1 saturated heterocycles. The topological polar surface area (TPSA) is 23.5 Å². The van der Waals surface area contributed by atoms with Crippen LogP contribution < -0.4 is 0 Å². The first-order valence-electron chi connectivity index (χ1n) is 6.82. The number of benzene rings is 1. The summed E-state index contributed by atoms with van der Waals surface area (Å²) in [5.74, 6) is 0.338. The van der Waals surface area contributed by atoms with E-state index in [-0.39, 0.29) is 12.6 Å². The van der Waals surface area contributed by atoms with Gasteiger partial charge in [0.2, 0.25) is 0 Å². The molecule has 0 amide bonds. The summed E-state index contributed by atoms with van der Waals surface area (Å²) in [6.07, 6.45) is 3.83. The standard InChI is InChI=1S/C15H22ClNO/c1-12(13-5-7-14(16)8-6-13)15(11-18)17-9-3-2-4-10-17/h5-8,12,15,18H,2-4,9-11H2,1H3. The zero-order chi connectivity index (χ0) is 13.0. The molecular formula is C15H22ClNO. The maximum absolute atomic E-state index is 9.70. The third kappa shape index (κ3) is 3.25. The normalized spacial score (nSPS) is 20.6. The van der Waals surface area contributed by atoms with Gasteiger partial charge in [0.25, 0.3) is 0 Å². The summed E-state index contributed by atoms with van der Waals surface area (Å²) in [5.41, 5.74) is 1.25. The number of rotatable bonds is 4. The Labute approximate surface area is 115 Å². The van der Waals surface area contributed by atoms with Crippen LogP contribution in [0, 0.1) is 0 Å². The van der Waals surface area contributed by atoms with Crippen LogP contribution in [-0.4, -0.2) is 35.7 Å². The van der Waals surface area contributed by atoms with E-state index in [1.807, 2.05) is 12.1 Å². The number of hydrogen-bond acceptors (Lipinski definition) is 2. The van der Waals surface area contributed by atoms with Crippen molar-refractivity contribution in [1.82, 2.24) is 4.90 Å². The molecule has 1 heterocycles. The third-order valence-corrected chi connectivity index (χ3v) is 4.27. The van der Waals surface area contributed by atoms with Crippen LogP contribution in [0.4, 0.5) is 0 Å². The molecule has 1 fully saturated rings. The van der Waals surface area contributed by atoms with Crippen LogP contribution in [0.5, 0.6) is 0 Å². The van der Waals surface area contributed by atoms with Gasteiger partial charge in [-0.25, -0.2) is 0 Å². The second kappa shape index (κ2) is 6.55. The van der Waals surface area contributed by atoms with Crippen LogP contribution in [0.3, 0.4) is 0 Å². The fourth-order valence-electron chi connectivity index (χ4n) is 2.83. The van der Waals surface area contributed by atoms with Crippen molar-refractivity contribution >= 4 is 11.6 Å². The average Bonchev–Trinajstić information content (AvgIpc) is 2.41. The molecule has 3 heteroatoms. The maximum atomic E-state index is 9.70. The minimum Gasteiger partial charge on any atom is -0.395 e. The lowest BCUT2D eigenvalue weighted by atomic mass is 9.91. The van der Waals surface area contributed by atoms with Crippen LogP contribution in [-0.2, 0) is 0 Å². The van der Waals surface area contributed by atoms with Crippen LogP contribution in [0.25, 0.3) is 0 Å². The molecule has 2 atom stereocenters. The molecule has 1 aromatic carbocycles. The monoisotopic (exact) mass is 267 g/mol. The molecule has 0 bridgehead atoms. The van der Waals surface area contributed by atoms with E-state index in [1.54, 1.807) is 0 Å². The molecule has 1 aromatic rings. The molecule has 2 rings (SSSR count). The molecule has 0 radical (unpaired) electrons. The fraction of sp³-hybridized carbons (Fsp3) is 0.600. The van der Waals surface area contributed by atoms with Crippen molar-refractivity contribution in [2.45, 2.75) is 38.1 Å². The molecule has 0 aromatic heterocycles. The molecule has 0 spiro atoms. The van der Waals surface area contributed by atoms with Gasteiger partial charge in [-0.1, -0.05) is 37.1 Å². The highest BCUT2D eigenvalue weighted by atomic mass is 35.5. The van der Waals surface area contributed by atoms with E-state index in [1.165, 1.54) is 24.8 Å². The summed E-state index contributed by atoms with van der Waals surface area (Å²) in [6.45, 7) is 4.65. The summed E-state index contributed by atoms with van der Waals surface area (Å²) in [6, 6.07) is 8.22. The Hall–Kier alpha value is -0.570. The van der Waals surface area contributed by atoms with Crippen molar-refractivity contribution < 1.29 is 5.11 Å². The lowest BCUT2D eigenvalue weighted by molar-refractivity contribution is 0.0894. The second-order valence-corrected chi connectivity index (χ2v) is 5.62. The maximum Gasteiger partial charge on any atom is 0.0592 e. The quantitative estimate of drug-likeness (QED) is 0.905. The Bertz CT molecular complexity index is 359. The van der Waals surface area contributed by atoms with E-state index < -0.39 is 0 Å². The van der Waals surface area contributed by atoms with Gasteiger partial charge in [0.15, 0.2) is 0 Å². The van der Waals surface area contributed by atoms with E-state index in [0.29, 0.717) is 5.92 Å². The van der Waals surface area contributed by atoms with Crippen LogP contribution in [0.15, 0.2) is 24.3 Å². The molecule has 0 aliphatic carbocycles. The lowest BCUT2D eigenvalue weighted by Gasteiger charge is -2.37. The van der Waals surface area contributed by atoms with Crippen molar-refractivity contribution in [2.24, 2.45) is 0 Å². The van der Waals surface area contributed by atoms with Crippen molar-refractivity contribution in [1.29, 1.82) is 0 Å². The van der Waals surface area contributed by atoms with E-state index in [4.69, 9.17) is 11.6 Å². The number of hydrogen-bond donors (Lipinski definition) is 1. The Morgan fingerprint density at radius 1 is 1.17 bits per heavy atom. The minimum atomic E-state index is 0.226. The Balaban J connectivity index is 2.08. The van der Waals surface area contributed by atoms with E-state index in [2.05, 4.69) is 24.0 Å². The van der Waals surface area contributed by atoms with Crippen LogP contribution in [0.1, 0.15) is 37.7 Å². The van der Waals surface area contributed by atoms with Gasteiger partial charge in [0.1, 0.15) is 0 Å². The van der Waals surface area contributed by atoms with Crippen LogP contribution in [0.2, 0.25) is 5.02 Å².